The second kappa shape index (κ2) is 11.5. The third-order valence-electron chi connectivity index (χ3n) is 6.26. The number of nitrogens with zero attached hydrogens (tertiary/aromatic N) is 2. The van der Waals surface area contributed by atoms with Crippen molar-refractivity contribution in [1.29, 1.82) is 0 Å². The molecular weight excluding hydrogens is 460 g/mol. The Hall–Kier alpha value is -2.87. The van der Waals surface area contributed by atoms with E-state index in [-0.39, 0.29) is 49.8 Å². The SMILES string of the molecule is CCOC(=O)C1=C(C)N(CC(=O)N2CCCC(C(=O)OCC)C2)C(=O)CC1c1cccc(Cl)c1. The lowest BCUT2D eigenvalue weighted by Crippen LogP contribution is -2.49. The van der Waals surface area contributed by atoms with Gasteiger partial charge in [-0.2, -0.15) is 0 Å². The molecule has 1 saturated heterocycles. The molecule has 0 saturated carbocycles. The monoisotopic (exact) mass is 490 g/mol. The number of carbonyl (C=O) groups is 4. The summed E-state index contributed by atoms with van der Waals surface area (Å²) in [6, 6.07) is 7.05. The molecule has 0 aliphatic carbocycles. The van der Waals surface area contributed by atoms with Gasteiger partial charge in [-0.25, -0.2) is 4.79 Å². The van der Waals surface area contributed by atoms with Crippen LogP contribution in [0.1, 0.15) is 51.5 Å². The molecule has 2 atom stereocenters. The van der Waals surface area contributed by atoms with E-state index in [1.807, 2.05) is 6.07 Å². The van der Waals surface area contributed by atoms with Crippen LogP contribution in [0.5, 0.6) is 0 Å². The first-order chi connectivity index (χ1) is 16.3. The Labute approximate surface area is 204 Å². The topological polar surface area (TPSA) is 93.2 Å². The van der Waals surface area contributed by atoms with Crippen LogP contribution in [0.4, 0.5) is 0 Å². The zero-order valence-electron chi connectivity index (χ0n) is 19.8. The van der Waals surface area contributed by atoms with Crippen molar-refractivity contribution in [3.8, 4) is 0 Å². The zero-order chi connectivity index (χ0) is 24.8. The summed E-state index contributed by atoms with van der Waals surface area (Å²) in [5, 5.41) is 0.504. The summed E-state index contributed by atoms with van der Waals surface area (Å²) in [5.41, 5.74) is 1.48. The van der Waals surface area contributed by atoms with Crippen molar-refractivity contribution in [2.24, 2.45) is 5.92 Å². The Bertz CT molecular complexity index is 991. The quantitative estimate of drug-likeness (QED) is 0.544. The van der Waals surface area contributed by atoms with Crippen molar-refractivity contribution in [2.45, 2.75) is 46.0 Å². The van der Waals surface area contributed by atoms with Gasteiger partial charge in [0.25, 0.3) is 0 Å². The maximum atomic E-state index is 13.1. The van der Waals surface area contributed by atoms with Gasteiger partial charge < -0.3 is 19.3 Å². The molecule has 0 bridgehead atoms. The number of carbonyl (C=O) groups excluding carboxylic acids is 4. The molecule has 2 aliphatic rings. The van der Waals surface area contributed by atoms with Crippen LogP contribution in [-0.2, 0) is 28.7 Å². The highest BCUT2D eigenvalue weighted by Gasteiger charge is 2.39. The van der Waals surface area contributed by atoms with E-state index < -0.39 is 11.9 Å². The number of piperidine rings is 1. The Morgan fingerprint density at radius 1 is 1.15 bits per heavy atom. The van der Waals surface area contributed by atoms with E-state index >= 15 is 0 Å². The molecular formula is C25H31ClN2O6. The van der Waals surface area contributed by atoms with Gasteiger partial charge >= 0.3 is 11.9 Å². The number of ether oxygens (including phenoxy) is 2. The molecule has 0 radical (unpaired) electrons. The number of hydrogen-bond donors (Lipinski definition) is 0. The van der Waals surface area contributed by atoms with Gasteiger partial charge in [0.05, 0.1) is 24.7 Å². The fourth-order valence-electron chi connectivity index (χ4n) is 4.58. The largest absolute Gasteiger partial charge is 0.466 e. The number of halogens is 1. The van der Waals surface area contributed by atoms with E-state index in [4.69, 9.17) is 21.1 Å². The molecule has 0 N–H and O–H groups in total. The summed E-state index contributed by atoms with van der Waals surface area (Å²) in [4.78, 5) is 54.2. The molecule has 2 amide bonds. The molecule has 8 nitrogen and oxygen atoms in total. The lowest BCUT2D eigenvalue weighted by Gasteiger charge is -2.37. The fraction of sp³-hybridized carbons (Fsp3) is 0.520. The predicted octanol–water partition coefficient (Wildman–Crippen LogP) is 3.29. The van der Waals surface area contributed by atoms with Crippen LogP contribution < -0.4 is 0 Å². The van der Waals surface area contributed by atoms with E-state index in [2.05, 4.69) is 0 Å². The Morgan fingerprint density at radius 2 is 1.88 bits per heavy atom. The van der Waals surface area contributed by atoms with Gasteiger partial charge in [-0.1, -0.05) is 23.7 Å². The first-order valence-electron chi connectivity index (χ1n) is 11.6. The van der Waals surface area contributed by atoms with Gasteiger partial charge in [-0.3, -0.25) is 14.4 Å². The third-order valence-corrected chi connectivity index (χ3v) is 6.49. The number of rotatable bonds is 7. The highest BCUT2D eigenvalue weighted by atomic mass is 35.5. The smallest absolute Gasteiger partial charge is 0.336 e. The van der Waals surface area contributed by atoms with E-state index in [1.54, 1.807) is 43.9 Å². The van der Waals surface area contributed by atoms with Crippen LogP contribution in [-0.4, -0.2) is 66.4 Å². The van der Waals surface area contributed by atoms with Crippen LogP contribution in [0.25, 0.3) is 0 Å². The number of likely N-dealkylation sites (tertiary alicyclic amines) is 1. The summed E-state index contributed by atoms with van der Waals surface area (Å²) < 4.78 is 10.4. The summed E-state index contributed by atoms with van der Waals surface area (Å²) in [6.07, 6.45) is 1.37. The van der Waals surface area contributed by atoms with Crippen LogP contribution in [0, 0.1) is 5.92 Å². The minimum absolute atomic E-state index is 0.0184. The number of allylic oxidation sites excluding steroid dienone is 1. The van der Waals surface area contributed by atoms with Crippen LogP contribution in [0.3, 0.4) is 0 Å². The molecule has 3 rings (SSSR count). The third kappa shape index (κ3) is 5.78. The van der Waals surface area contributed by atoms with Gasteiger partial charge in [0.2, 0.25) is 11.8 Å². The van der Waals surface area contributed by atoms with Crippen LogP contribution >= 0.6 is 11.6 Å². The van der Waals surface area contributed by atoms with Crippen molar-refractivity contribution >= 4 is 35.4 Å². The van der Waals surface area contributed by atoms with E-state index in [9.17, 15) is 19.2 Å². The second-order valence-corrected chi connectivity index (χ2v) is 8.88. The first-order valence-corrected chi connectivity index (χ1v) is 12.0. The molecule has 1 fully saturated rings. The lowest BCUT2D eigenvalue weighted by atomic mass is 9.83. The average Bonchev–Trinajstić information content (AvgIpc) is 2.81. The number of esters is 2. The Morgan fingerprint density at radius 3 is 2.56 bits per heavy atom. The maximum absolute atomic E-state index is 13.1. The van der Waals surface area contributed by atoms with Crippen molar-refractivity contribution in [2.75, 3.05) is 32.8 Å². The van der Waals surface area contributed by atoms with Gasteiger partial charge in [0.15, 0.2) is 0 Å². The van der Waals surface area contributed by atoms with Crippen molar-refractivity contribution < 1.29 is 28.7 Å². The summed E-state index contributed by atoms with van der Waals surface area (Å²) in [5.74, 6) is -2.24. The number of benzene rings is 1. The van der Waals surface area contributed by atoms with Gasteiger partial charge in [-0.05, 0) is 51.3 Å². The number of hydrogen-bond acceptors (Lipinski definition) is 6. The highest BCUT2D eigenvalue weighted by molar-refractivity contribution is 6.30. The molecule has 1 aromatic carbocycles. The second-order valence-electron chi connectivity index (χ2n) is 8.44. The predicted molar refractivity (Wildman–Crippen MR) is 126 cm³/mol. The van der Waals surface area contributed by atoms with E-state index in [0.29, 0.717) is 42.3 Å². The molecule has 34 heavy (non-hydrogen) atoms. The molecule has 2 heterocycles. The van der Waals surface area contributed by atoms with Crippen molar-refractivity contribution in [3.63, 3.8) is 0 Å². The standard InChI is InChI=1S/C25H31ClN2O6/c1-4-33-24(31)18-9-7-11-27(14-18)22(30)15-28-16(3)23(25(32)34-5-2)20(13-21(28)29)17-8-6-10-19(26)12-17/h6,8,10,12,18,20H,4-5,7,9,11,13-15H2,1-3H3. The normalized spacial score (nSPS) is 20.9. The first kappa shape index (κ1) is 25.7. The molecule has 184 valence electrons. The molecule has 2 unspecified atom stereocenters. The van der Waals surface area contributed by atoms with Crippen molar-refractivity contribution in [1.82, 2.24) is 9.80 Å². The zero-order valence-corrected chi connectivity index (χ0v) is 20.6. The maximum Gasteiger partial charge on any atom is 0.336 e. The molecule has 9 heteroatoms. The van der Waals surface area contributed by atoms with E-state index in [0.717, 1.165) is 5.56 Å². The van der Waals surface area contributed by atoms with Crippen molar-refractivity contribution in [3.05, 3.63) is 46.1 Å². The van der Waals surface area contributed by atoms with Crippen LogP contribution in [0.2, 0.25) is 5.02 Å². The minimum Gasteiger partial charge on any atom is -0.466 e. The molecule has 1 aromatic rings. The fourth-order valence-corrected chi connectivity index (χ4v) is 4.78. The highest BCUT2D eigenvalue weighted by Crippen LogP contribution is 2.38. The van der Waals surface area contributed by atoms with Gasteiger partial charge in [0.1, 0.15) is 6.54 Å². The minimum atomic E-state index is -0.518. The summed E-state index contributed by atoms with van der Waals surface area (Å²) >= 11 is 6.15. The lowest BCUT2D eigenvalue weighted by molar-refractivity contribution is -0.152. The van der Waals surface area contributed by atoms with Gasteiger partial charge in [0, 0.05) is 36.1 Å². The Balaban J connectivity index is 1.85. The summed E-state index contributed by atoms with van der Waals surface area (Å²) in [6.45, 7) is 6.17. The average molecular weight is 491 g/mol. The van der Waals surface area contributed by atoms with E-state index in [1.165, 1.54) is 4.90 Å². The Kier molecular flexibility index (Phi) is 8.72. The molecule has 0 aromatic heterocycles. The molecule has 2 aliphatic heterocycles. The molecule has 0 spiro atoms. The van der Waals surface area contributed by atoms with Crippen LogP contribution in [0.15, 0.2) is 35.5 Å². The summed E-state index contributed by atoms with van der Waals surface area (Å²) in [7, 11) is 0. The van der Waals surface area contributed by atoms with Gasteiger partial charge in [-0.15, -0.1) is 0 Å². The number of amides is 2.